The topological polar surface area (TPSA) is 55.0 Å². The van der Waals surface area contributed by atoms with Crippen LogP contribution >= 0.6 is 15.9 Å². The number of nitrogens with zero attached hydrogens (tertiary/aromatic N) is 1. The number of aromatic amines is 1. The lowest BCUT2D eigenvalue weighted by atomic mass is 10.0. The summed E-state index contributed by atoms with van der Waals surface area (Å²) in [5.41, 5.74) is 0.749. The van der Waals surface area contributed by atoms with Crippen molar-refractivity contribution in [3.8, 4) is 0 Å². The van der Waals surface area contributed by atoms with E-state index < -0.39 is 0 Å². The molecule has 1 aromatic heterocycles. The van der Waals surface area contributed by atoms with Gasteiger partial charge < -0.3 is 9.72 Å². The number of ether oxygens (including phenoxy) is 1. The molecule has 0 radical (unpaired) electrons. The Bertz CT molecular complexity index is 424. The average Bonchev–Trinajstić information content (AvgIpc) is 2.76. The number of aromatic nitrogens is 2. The van der Waals surface area contributed by atoms with Crippen molar-refractivity contribution in [1.29, 1.82) is 0 Å². The Hall–Kier alpha value is -0.680. The molecule has 0 aliphatic carbocycles. The van der Waals surface area contributed by atoms with Crippen molar-refractivity contribution in [2.45, 2.75) is 26.2 Å². The minimum atomic E-state index is -0.0826. The summed E-state index contributed by atoms with van der Waals surface area (Å²) in [6.45, 7) is 3.60. The Morgan fingerprint density at radius 2 is 2.44 bits per heavy atom. The maximum Gasteiger partial charge on any atom is 0.265 e. The molecule has 88 valence electrons. The third-order valence-corrected chi connectivity index (χ3v) is 3.64. The Labute approximate surface area is 103 Å². The van der Waals surface area contributed by atoms with E-state index >= 15 is 0 Å². The molecule has 1 aromatic rings. The second-order valence-corrected chi connectivity index (χ2v) is 4.85. The summed E-state index contributed by atoms with van der Waals surface area (Å²) in [6, 6.07) is 0. The predicted molar refractivity (Wildman–Crippen MR) is 64.6 cm³/mol. The fourth-order valence-corrected chi connectivity index (χ4v) is 2.37. The Balaban J connectivity index is 2.20. The molecule has 4 nitrogen and oxygen atoms in total. The van der Waals surface area contributed by atoms with E-state index in [0.717, 1.165) is 44.0 Å². The Morgan fingerprint density at radius 3 is 3.06 bits per heavy atom. The predicted octanol–water partition coefficient (Wildman–Crippen LogP) is 1.67. The highest BCUT2D eigenvalue weighted by atomic mass is 79.9. The zero-order valence-electron chi connectivity index (χ0n) is 9.25. The molecule has 2 heterocycles. The van der Waals surface area contributed by atoms with Gasteiger partial charge in [-0.05, 0) is 34.7 Å². The van der Waals surface area contributed by atoms with E-state index in [1.54, 1.807) is 0 Å². The normalized spacial score (nSPS) is 20.2. The first-order valence-electron chi connectivity index (χ1n) is 5.56. The smallest absolute Gasteiger partial charge is 0.265 e. The summed E-state index contributed by atoms with van der Waals surface area (Å²) in [6.07, 6.45) is 2.62. The minimum absolute atomic E-state index is 0.0826. The van der Waals surface area contributed by atoms with Crippen LogP contribution in [-0.2, 0) is 17.6 Å². The quantitative estimate of drug-likeness (QED) is 0.920. The third-order valence-electron chi connectivity index (χ3n) is 2.82. The van der Waals surface area contributed by atoms with Gasteiger partial charge >= 0.3 is 0 Å². The molecular formula is C11H15BrN2O2. The molecule has 1 atom stereocenters. The first kappa shape index (κ1) is 11.8. The van der Waals surface area contributed by atoms with Gasteiger partial charge in [-0.2, -0.15) is 0 Å². The minimum Gasteiger partial charge on any atom is -0.381 e. The second-order valence-electron chi connectivity index (χ2n) is 4.06. The number of hydrogen-bond acceptors (Lipinski definition) is 3. The third kappa shape index (κ3) is 2.52. The molecule has 5 heteroatoms. The fourth-order valence-electron chi connectivity index (χ4n) is 1.91. The monoisotopic (exact) mass is 286 g/mol. The largest absolute Gasteiger partial charge is 0.381 e. The molecule has 16 heavy (non-hydrogen) atoms. The molecule has 0 amide bonds. The summed E-state index contributed by atoms with van der Waals surface area (Å²) in [5, 5.41) is 0. The van der Waals surface area contributed by atoms with Crippen LogP contribution in [0.1, 0.15) is 24.9 Å². The van der Waals surface area contributed by atoms with Crippen molar-refractivity contribution in [3.05, 3.63) is 26.3 Å². The van der Waals surface area contributed by atoms with Crippen LogP contribution in [0.5, 0.6) is 0 Å². The van der Waals surface area contributed by atoms with Crippen molar-refractivity contribution in [1.82, 2.24) is 9.97 Å². The summed E-state index contributed by atoms with van der Waals surface area (Å²) < 4.78 is 5.87. The van der Waals surface area contributed by atoms with E-state index in [4.69, 9.17) is 4.74 Å². The van der Waals surface area contributed by atoms with Gasteiger partial charge in [0.25, 0.3) is 5.56 Å². The molecule has 1 saturated heterocycles. The van der Waals surface area contributed by atoms with Crippen LogP contribution in [0, 0.1) is 5.92 Å². The van der Waals surface area contributed by atoms with Crippen LogP contribution < -0.4 is 5.56 Å². The molecule has 1 unspecified atom stereocenters. The van der Waals surface area contributed by atoms with Gasteiger partial charge in [0.2, 0.25) is 0 Å². The lowest BCUT2D eigenvalue weighted by Gasteiger charge is -2.08. The van der Waals surface area contributed by atoms with Gasteiger partial charge in [-0.3, -0.25) is 4.79 Å². The molecule has 0 bridgehead atoms. The first-order chi connectivity index (χ1) is 7.70. The van der Waals surface area contributed by atoms with Crippen LogP contribution in [0.15, 0.2) is 9.27 Å². The summed E-state index contributed by atoms with van der Waals surface area (Å²) in [4.78, 5) is 18.9. The molecule has 0 spiro atoms. The summed E-state index contributed by atoms with van der Waals surface area (Å²) in [7, 11) is 0. The number of aryl methyl sites for hydroxylation is 1. The molecule has 0 aromatic carbocycles. The molecule has 1 aliphatic rings. The second kappa shape index (κ2) is 5.10. The van der Waals surface area contributed by atoms with Crippen LogP contribution in [-0.4, -0.2) is 23.2 Å². The highest BCUT2D eigenvalue weighted by Gasteiger charge is 2.18. The Kier molecular flexibility index (Phi) is 3.76. The van der Waals surface area contributed by atoms with E-state index in [0.29, 0.717) is 10.4 Å². The van der Waals surface area contributed by atoms with Gasteiger partial charge in [0, 0.05) is 19.6 Å². The standard InChI is InChI=1S/C11H15BrN2O2/c1-2-8-10(12)11(15)14-9(13-8)5-7-3-4-16-6-7/h7H,2-6H2,1H3,(H,13,14,15). The van der Waals surface area contributed by atoms with Gasteiger partial charge in [0.05, 0.1) is 5.69 Å². The van der Waals surface area contributed by atoms with E-state index in [-0.39, 0.29) is 5.56 Å². The summed E-state index contributed by atoms with van der Waals surface area (Å²) in [5.74, 6) is 1.27. The average molecular weight is 287 g/mol. The van der Waals surface area contributed by atoms with E-state index in [2.05, 4.69) is 25.9 Å². The summed E-state index contributed by atoms with van der Waals surface area (Å²) >= 11 is 3.26. The first-order valence-corrected chi connectivity index (χ1v) is 6.35. The maximum atomic E-state index is 11.6. The number of hydrogen-bond donors (Lipinski definition) is 1. The molecule has 2 rings (SSSR count). The van der Waals surface area contributed by atoms with Crippen molar-refractivity contribution >= 4 is 15.9 Å². The molecule has 1 fully saturated rings. The molecular weight excluding hydrogens is 272 g/mol. The van der Waals surface area contributed by atoms with E-state index in [1.807, 2.05) is 6.92 Å². The van der Waals surface area contributed by atoms with Crippen LogP contribution in [0.2, 0.25) is 0 Å². The van der Waals surface area contributed by atoms with E-state index in [9.17, 15) is 4.79 Å². The molecule has 1 N–H and O–H groups in total. The number of halogens is 1. The van der Waals surface area contributed by atoms with Gasteiger partial charge in [-0.15, -0.1) is 0 Å². The molecule has 0 saturated carbocycles. The van der Waals surface area contributed by atoms with Crippen molar-refractivity contribution in [2.75, 3.05) is 13.2 Å². The van der Waals surface area contributed by atoms with E-state index in [1.165, 1.54) is 0 Å². The number of H-pyrrole nitrogens is 1. The van der Waals surface area contributed by atoms with Crippen LogP contribution in [0.4, 0.5) is 0 Å². The fraction of sp³-hybridized carbons (Fsp3) is 0.636. The molecule has 1 aliphatic heterocycles. The lowest BCUT2D eigenvalue weighted by Crippen LogP contribution is -2.18. The highest BCUT2D eigenvalue weighted by molar-refractivity contribution is 9.10. The number of nitrogens with one attached hydrogen (secondary N) is 1. The van der Waals surface area contributed by atoms with Crippen molar-refractivity contribution in [3.63, 3.8) is 0 Å². The van der Waals surface area contributed by atoms with Gasteiger partial charge in [0.15, 0.2) is 0 Å². The maximum absolute atomic E-state index is 11.6. The SMILES string of the molecule is CCc1nc(CC2CCOC2)[nH]c(=O)c1Br. The zero-order valence-corrected chi connectivity index (χ0v) is 10.8. The number of rotatable bonds is 3. The van der Waals surface area contributed by atoms with Gasteiger partial charge in [-0.25, -0.2) is 4.98 Å². The van der Waals surface area contributed by atoms with Crippen molar-refractivity contribution in [2.24, 2.45) is 5.92 Å². The zero-order chi connectivity index (χ0) is 11.5. The lowest BCUT2D eigenvalue weighted by molar-refractivity contribution is 0.185. The van der Waals surface area contributed by atoms with Gasteiger partial charge in [0.1, 0.15) is 10.3 Å². The van der Waals surface area contributed by atoms with Crippen LogP contribution in [0.3, 0.4) is 0 Å². The van der Waals surface area contributed by atoms with Crippen molar-refractivity contribution < 1.29 is 4.74 Å². The Morgan fingerprint density at radius 1 is 1.62 bits per heavy atom. The van der Waals surface area contributed by atoms with Gasteiger partial charge in [-0.1, -0.05) is 6.92 Å². The van der Waals surface area contributed by atoms with Crippen LogP contribution in [0.25, 0.3) is 0 Å². The highest BCUT2D eigenvalue weighted by Crippen LogP contribution is 2.17.